The highest BCUT2D eigenvalue weighted by molar-refractivity contribution is 5.91. The maximum Gasteiger partial charge on any atom is 0.343 e. The SMILES string of the molecule is CCCCCCCCCOC(=O)c1ccc(-c2ccc(OC(=O)c3ccc(C#Cc4ccccc4)cc3)cc2)cc1. The van der Waals surface area contributed by atoms with Crippen LogP contribution in [-0.4, -0.2) is 18.5 Å². The number of carbonyl (C=O) groups excluding carboxylic acids is 2. The fourth-order valence-electron chi connectivity index (χ4n) is 4.34. The minimum absolute atomic E-state index is 0.291. The third-order valence-electron chi connectivity index (χ3n) is 6.75. The highest BCUT2D eigenvalue weighted by atomic mass is 16.5. The standard InChI is InChI=1S/C37H36O4/c1-2-3-4-5-6-7-11-28-40-36(38)33-22-20-31(21-23-33)32-24-26-35(27-25-32)41-37(39)34-18-16-30(17-19-34)15-14-29-12-9-8-10-13-29/h8-10,12-13,16-27H,2-7,11,28H2,1H3. The van der Waals surface area contributed by atoms with Gasteiger partial charge in [-0.1, -0.05) is 99.8 Å². The molecule has 0 N–H and O–H groups in total. The summed E-state index contributed by atoms with van der Waals surface area (Å²) in [6, 6.07) is 31.5. The molecule has 0 aliphatic rings. The zero-order valence-electron chi connectivity index (χ0n) is 23.6. The number of ether oxygens (including phenoxy) is 2. The van der Waals surface area contributed by atoms with E-state index in [1.54, 1.807) is 36.4 Å². The summed E-state index contributed by atoms with van der Waals surface area (Å²) in [5, 5.41) is 0. The fourth-order valence-corrected chi connectivity index (χ4v) is 4.34. The summed E-state index contributed by atoms with van der Waals surface area (Å²) in [6.07, 6.45) is 8.29. The van der Waals surface area contributed by atoms with Crippen LogP contribution < -0.4 is 4.74 Å². The Morgan fingerprint density at radius 2 is 1.07 bits per heavy atom. The van der Waals surface area contributed by atoms with Crippen LogP contribution >= 0.6 is 0 Å². The zero-order valence-corrected chi connectivity index (χ0v) is 23.6. The minimum atomic E-state index is -0.431. The van der Waals surface area contributed by atoms with Gasteiger partial charge in [0.1, 0.15) is 5.75 Å². The van der Waals surface area contributed by atoms with Crippen molar-refractivity contribution < 1.29 is 19.1 Å². The Labute approximate surface area is 243 Å². The van der Waals surface area contributed by atoms with Crippen molar-refractivity contribution in [2.45, 2.75) is 51.9 Å². The van der Waals surface area contributed by atoms with Gasteiger partial charge in [-0.05, 0) is 78.2 Å². The van der Waals surface area contributed by atoms with E-state index >= 15 is 0 Å². The highest BCUT2D eigenvalue weighted by Crippen LogP contribution is 2.24. The van der Waals surface area contributed by atoms with E-state index in [9.17, 15) is 9.59 Å². The first kappa shape index (κ1) is 29.4. The van der Waals surface area contributed by atoms with Crippen molar-refractivity contribution in [1.82, 2.24) is 0 Å². The predicted molar refractivity (Wildman–Crippen MR) is 164 cm³/mol. The average Bonchev–Trinajstić information content (AvgIpc) is 3.02. The Kier molecular flexibility index (Phi) is 11.3. The molecule has 4 rings (SSSR count). The molecule has 0 spiro atoms. The van der Waals surface area contributed by atoms with E-state index in [0.29, 0.717) is 23.5 Å². The van der Waals surface area contributed by atoms with E-state index in [1.165, 1.54) is 32.1 Å². The molecule has 0 radical (unpaired) electrons. The molecule has 0 saturated heterocycles. The van der Waals surface area contributed by atoms with E-state index in [1.807, 2.05) is 66.7 Å². The van der Waals surface area contributed by atoms with E-state index in [-0.39, 0.29) is 5.97 Å². The lowest BCUT2D eigenvalue weighted by Crippen LogP contribution is -2.08. The second kappa shape index (κ2) is 15.8. The third-order valence-corrected chi connectivity index (χ3v) is 6.75. The first-order valence-corrected chi connectivity index (χ1v) is 14.4. The van der Waals surface area contributed by atoms with Crippen molar-refractivity contribution in [2.75, 3.05) is 6.61 Å². The zero-order chi connectivity index (χ0) is 28.7. The number of hydrogen-bond donors (Lipinski definition) is 0. The molecule has 0 bridgehead atoms. The van der Waals surface area contributed by atoms with Gasteiger partial charge < -0.3 is 9.47 Å². The molecule has 0 aromatic heterocycles. The molecule has 208 valence electrons. The number of esters is 2. The first-order chi connectivity index (χ1) is 20.1. The molecular formula is C37H36O4. The minimum Gasteiger partial charge on any atom is -0.462 e. The normalized spacial score (nSPS) is 10.4. The molecular weight excluding hydrogens is 508 g/mol. The van der Waals surface area contributed by atoms with Crippen LogP contribution in [-0.2, 0) is 4.74 Å². The molecule has 0 unspecified atom stereocenters. The molecule has 0 fully saturated rings. The Balaban J connectivity index is 1.24. The Hall–Kier alpha value is -4.62. The van der Waals surface area contributed by atoms with Crippen LogP contribution in [0.5, 0.6) is 5.75 Å². The van der Waals surface area contributed by atoms with Crippen LogP contribution in [0.25, 0.3) is 11.1 Å². The molecule has 41 heavy (non-hydrogen) atoms. The van der Waals surface area contributed by atoms with Crippen LogP contribution in [0.15, 0.2) is 103 Å². The molecule has 0 heterocycles. The number of carbonyl (C=O) groups is 2. The summed E-state index contributed by atoms with van der Waals surface area (Å²) in [6.45, 7) is 2.68. The molecule has 4 nitrogen and oxygen atoms in total. The molecule has 4 aromatic carbocycles. The van der Waals surface area contributed by atoms with Gasteiger partial charge in [-0.15, -0.1) is 0 Å². The van der Waals surface area contributed by atoms with Gasteiger partial charge in [0.15, 0.2) is 0 Å². The van der Waals surface area contributed by atoms with Crippen LogP contribution in [0.4, 0.5) is 0 Å². The van der Waals surface area contributed by atoms with Gasteiger partial charge in [-0.25, -0.2) is 9.59 Å². The quantitative estimate of drug-likeness (QED) is 0.0773. The number of rotatable bonds is 12. The number of hydrogen-bond acceptors (Lipinski definition) is 4. The van der Waals surface area contributed by atoms with Crippen molar-refractivity contribution in [3.05, 3.63) is 125 Å². The molecule has 0 atom stereocenters. The Bertz CT molecular complexity index is 1440. The lowest BCUT2D eigenvalue weighted by Gasteiger charge is -2.08. The predicted octanol–water partition coefficient (Wildman–Crippen LogP) is 8.88. The monoisotopic (exact) mass is 544 g/mol. The molecule has 0 aliphatic carbocycles. The van der Waals surface area contributed by atoms with Gasteiger partial charge in [0.2, 0.25) is 0 Å². The maximum atomic E-state index is 12.6. The average molecular weight is 545 g/mol. The van der Waals surface area contributed by atoms with Gasteiger partial charge in [-0.2, -0.15) is 0 Å². The molecule has 4 heteroatoms. The summed E-state index contributed by atoms with van der Waals surface area (Å²) in [5.41, 5.74) is 4.66. The largest absolute Gasteiger partial charge is 0.462 e. The molecule has 0 amide bonds. The number of unbranched alkanes of at least 4 members (excludes halogenated alkanes) is 6. The van der Waals surface area contributed by atoms with Gasteiger partial charge in [0, 0.05) is 11.1 Å². The summed E-state index contributed by atoms with van der Waals surface area (Å²) >= 11 is 0. The second-order valence-corrected chi connectivity index (χ2v) is 9.94. The lowest BCUT2D eigenvalue weighted by molar-refractivity contribution is 0.0497. The van der Waals surface area contributed by atoms with Crippen LogP contribution in [0.3, 0.4) is 0 Å². The molecule has 0 saturated carbocycles. The maximum absolute atomic E-state index is 12.6. The van der Waals surface area contributed by atoms with Crippen molar-refractivity contribution >= 4 is 11.9 Å². The first-order valence-electron chi connectivity index (χ1n) is 14.4. The summed E-state index contributed by atoms with van der Waals surface area (Å²) < 4.78 is 11.0. The molecule has 0 aliphatic heterocycles. The van der Waals surface area contributed by atoms with E-state index in [0.717, 1.165) is 35.1 Å². The van der Waals surface area contributed by atoms with E-state index < -0.39 is 5.97 Å². The van der Waals surface area contributed by atoms with E-state index in [4.69, 9.17) is 9.47 Å². The van der Waals surface area contributed by atoms with Gasteiger partial charge in [0.25, 0.3) is 0 Å². The fraction of sp³-hybridized carbons (Fsp3) is 0.243. The van der Waals surface area contributed by atoms with Crippen molar-refractivity contribution in [3.63, 3.8) is 0 Å². The number of benzene rings is 4. The smallest absolute Gasteiger partial charge is 0.343 e. The third kappa shape index (κ3) is 9.51. The van der Waals surface area contributed by atoms with Crippen molar-refractivity contribution in [2.24, 2.45) is 0 Å². The van der Waals surface area contributed by atoms with E-state index in [2.05, 4.69) is 18.8 Å². The summed E-state index contributed by atoms with van der Waals surface area (Å²) in [4.78, 5) is 25.0. The van der Waals surface area contributed by atoms with Gasteiger partial charge >= 0.3 is 11.9 Å². The topological polar surface area (TPSA) is 52.6 Å². The van der Waals surface area contributed by atoms with Crippen LogP contribution in [0.2, 0.25) is 0 Å². The summed E-state index contributed by atoms with van der Waals surface area (Å²) in [7, 11) is 0. The van der Waals surface area contributed by atoms with Gasteiger partial charge in [-0.3, -0.25) is 0 Å². The molecule has 4 aromatic rings. The highest BCUT2D eigenvalue weighted by Gasteiger charge is 2.10. The van der Waals surface area contributed by atoms with Crippen LogP contribution in [0, 0.1) is 11.8 Å². The lowest BCUT2D eigenvalue weighted by atomic mass is 10.0. The Morgan fingerprint density at radius 1 is 0.561 bits per heavy atom. The summed E-state index contributed by atoms with van der Waals surface area (Å²) in [5.74, 6) is 5.94. The van der Waals surface area contributed by atoms with Gasteiger partial charge in [0.05, 0.1) is 17.7 Å². The van der Waals surface area contributed by atoms with Crippen molar-refractivity contribution in [1.29, 1.82) is 0 Å². The van der Waals surface area contributed by atoms with Crippen molar-refractivity contribution in [3.8, 4) is 28.7 Å². The Morgan fingerprint density at radius 3 is 1.71 bits per heavy atom. The van der Waals surface area contributed by atoms with Crippen LogP contribution in [0.1, 0.15) is 83.7 Å². The second-order valence-electron chi connectivity index (χ2n) is 9.94.